The molecule has 1 aromatic heterocycles. The molecule has 0 radical (unpaired) electrons. The lowest BCUT2D eigenvalue weighted by molar-refractivity contribution is -0.384. The van der Waals surface area contributed by atoms with Crippen LogP contribution in [0.1, 0.15) is 25.7 Å². The Bertz CT molecular complexity index is 552. The van der Waals surface area contributed by atoms with Crippen molar-refractivity contribution in [1.82, 2.24) is 4.98 Å². The van der Waals surface area contributed by atoms with Crippen molar-refractivity contribution < 1.29 is 14.8 Å². The average Bonchev–Trinajstić information content (AvgIpc) is 2.45. The Morgan fingerprint density at radius 1 is 1.62 bits per heavy atom. The van der Waals surface area contributed by atoms with E-state index in [4.69, 9.17) is 5.11 Å². The van der Waals surface area contributed by atoms with Gasteiger partial charge in [-0.3, -0.25) is 14.9 Å². The summed E-state index contributed by atoms with van der Waals surface area (Å²) in [7, 11) is 0. The van der Waals surface area contributed by atoms with Gasteiger partial charge in [0, 0.05) is 36.2 Å². The smallest absolute Gasteiger partial charge is 0.312 e. The van der Waals surface area contributed by atoms with Crippen LogP contribution in [0, 0.1) is 16.0 Å². The predicted molar refractivity (Wildman–Crippen MR) is 80.4 cm³/mol. The fraction of sp³-hybridized carbons (Fsp3) is 0.538. The van der Waals surface area contributed by atoms with Crippen LogP contribution in [-0.4, -0.2) is 34.1 Å². The van der Waals surface area contributed by atoms with E-state index in [2.05, 4.69) is 20.9 Å². The second-order valence-corrected chi connectivity index (χ2v) is 6.06. The molecular formula is C13H16BrN3O4. The summed E-state index contributed by atoms with van der Waals surface area (Å²) in [6.45, 7) is 1.32. The van der Waals surface area contributed by atoms with Gasteiger partial charge in [-0.25, -0.2) is 4.98 Å². The van der Waals surface area contributed by atoms with Crippen molar-refractivity contribution in [3.05, 3.63) is 26.9 Å². The second-order valence-electron chi connectivity index (χ2n) is 5.14. The fourth-order valence-corrected chi connectivity index (χ4v) is 2.94. The molecule has 1 aromatic rings. The summed E-state index contributed by atoms with van der Waals surface area (Å²) in [5, 5.41) is 19.9. The van der Waals surface area contributed by atoms with Gasteiger partial charge in [0.1, 0.15) is 0 Å². The summed E-state index contributed by atoms with van der Waals surface area (Å²) in [6, 6.07) is 1.45. The highest BCUT2D eigenvalue weighted by atomic mass is 79.9. The number of piperidine rings is 1. The van der Waals surface area contributed by atoms with Crippen molar-refractivity contribution in [3.63, 3.8) is 0 Å². The van der Waals surface area contributed by atoms with Crippen molar-refractivity contribution in [2.24, 2.45) is 5.92 Å². The molecule has 1 atom stereocenters. The summed E-state index contributed by atoms with van der Waals surface area (Å²) in [5.41, 5.74) is -0.0248. The first kappa shape index (κ1) is 15.7. The molecule has 1 aliphatic rings. The zero-order valence-electron chi connectivity index (χ0n) is 11.4. The Morgan fingerprint density at radius 2 is 2.38 bits per heavy atom. The molecular weight excluding hydrogens is 342 g/mol. The van der Waals surface area contributed by atoms with E-state index >= 15 is 0 Å². The van der Waals surface area contributed by atoms with Crippen LogP contribution in [-0.2, 0) is 4.79 Å². The number of nitro groups is 1. The number of pyridine rings is 1. The second kappa shape index (κ2) is 6.84. The molecule has 0 amide bonds. The molecule has 8 heteroatoms. The van der Waals surface area contributed by atoms with Crippen LogP contribution in [0.4, 0.5) is 11.5 Å². The highest BCUT2D eigenvalue weighted by molar-refractivity contribution is 9.10. The molecule has 1 saturated heterocycles. The van der Waals surface area contributed by atoms with E-state index in [-0.39, 0.29) is 18.0 Å². The number of hydrogen-bond acceptors (Lipinski definition) is 5. The van der Waals surface area contributed by atoms with Crippen molar-refractivity contribution in [1.29, 1.82) is 0 Å². The Balaban J connectivity index is 2.14. The molecule has 0 saturated carbocycles. The zero-order valence-corrected chi connectivity index (χ0v) is 13.0. The van der Waals surface area contributed by atoms with Crippen LogP contribution < -0.4 is 4.90 Å². The van der Waals surface area contributed by atoms with Crippen LogP contribution in [0.5, 0.6) is 0 Å². The maximum absolute atomic E-state index is 11.2. The average molecular weight is 358 g/mol. The molecule has 0 aliphatic carbocycles. The van der Waals surface area contributed by atoms with Gasteiger partial charge in [-0.15, -0.1) is 0 Å². The molecule has 2 rings (SSSR count). The number of carboxylic acids is 1. The highest BCUT2D eigenvalue weighted by Gasteiger charge is 2.27. The SMILES string of the molecule is O=C(O)CCC1CCCN(c2ncc(Br)cc2[N+](=O)[O-])C1. The van der Waals surface area contributed by atoms with E-state index < -0.39 is 10.9 Å². The number of carboxylic acid groups (broad SMARTS) is 1. The zero-order chi connectivity index (χ0) is 15.4. The molecule has 0 aromatic carbocycles. The summed E-state index contributed by atoms with van der Waals surface area (Å²) < 4.78 is 0.567. The first-order valence-electron chi connectivity index (χ1n) is 6.74. The number of hydrogen-bond donors (Lipinski definition) is 1. The van der Waals surface area contributed by atoms with E-state index in [1.165, 1.54) is 6.07 Å². The van der Waals surface area contributed by atoms with Crippen molar-refractivity contribution in [2.75, 3.05) is 18.0 Å². The van der Waals surface area contributed by atoms with Gasteiger partial charge >= 0.3 is 11.7 Å². The van der Waals surface area contributed by atoms with Gasteiger partial charge in [0.15, 0.2) is 0 Å². The van der Waals surface area contributed by atoms with Gasteiger partial charge in [0.2, 0.25) is 5.82 Å². The van der Waals surface area contributed by atoms with Crippen LogP contribution in [0.2, 0.25) is 0 Å². The van der Waals surface area contributed by atoms with E-state index in [1.54, 1.807) is 6.20 Å². The third kappa shape index (κ3) is 4.13. The normalized spacial score (nSPS) is 18.5. The summed E-state index contributed by atoms with van der Waals surface area (Å²) in [6.07, 6.45) is 4.11. The maximum atomic E-state index is 11.2. The molecule has 0 spiro atoms. The van der Waals surface area contributed by atoms with E-state index in [0.29, 0.717) is 29.8 Å². The van der Waals surface area contributed by atoms with Gasteiger partial charge in [0.05, 0.1) is 4.92 Å². The minimum atomic E-state index is -0.806. The summed E-state index contributed by atoms with van der Waals surface area (Å²) in [5.74, 6) is -0.206. The number of anilines is 1. The number of halogens is 1. The van der Waals surface area contributed by atoms with Crippen molar-refractivity contribution in [3.8, 4) is 0 Å². The van der Waals surface area contributed by atoms with Crippen LogP contribution in [0.3, 0.4) is 0 Å². The monoisotopic (exact) mass is 357 g/mol. The quantitative estimate of drug-likeness (QED) is 0.642. The first-order valence-corrected chi connectivity index (χ1v) is 7.53. The maximum Gasteiger partial charge on any atom is 0.312 e. The van der Waals surface area contributed by atoms with Crippen LogP contribution in [0.15, 0.2) is 16.7 Å². The minimum absolute atomic E-state index is 0.0248. The van der Waals surface area contributed by atoms with E-state index in [1.807, 2.05) is 4.90 Å². The van der Waals surface area contributed by atoms with Crippen LogP contribution in [0.25, 0.3) is 0 Å². The third-order valence-corrected chi connectivity index (χ3v) is 4.03. The summed E-state index contributed by atoms with van der Waals surface area (Å²) in [4.78, 5) is 27.4. The van der Waals surface area contributed by atoms with Gasteiger partial charge in [-0.2, -0.15) is 0 Å². The Kier molecular flexibility index (Phi) is 5.11. The van der Waals surface area contributed by atoms with Gasteiger partial charge in [0.25, 0.3) is 0 Å². The molecule has 0 bridgehead atoms. The largest absolute Gasteiger partial charge is 0.481 e. The highest BCUT2D eigenvalue weighted by Crippen LogP contribution is 2.32. The summed E-state index contributed by atoms with van der Waals surface area (Å²) >= 11 is 3.19. The Hall–Kier alpha value is -1.70. The fourth-order valence-electron chi connectivity index (χ4n) is 2.62. The number of carbonyl (C=O) groups is 1. The first-order chi connectivity index (χ1) is 9.97. The lowest BCUT2D eigenvalue weighted by Crippen LogP contribution is -2.36. The van der Waals surface area contributed by atoms with E-state index in [0.717, 1.165) is 12.8 Å². The molecule has 114 valence electrons. The van der Waals surface area contributed by atoms with Gasteiger partial charge in [-0.1, -0.05) is 0 Å². The molecule has 7 nitrogen and oxygen atoms in total. The number of aromatic nitrogens is 1. The predicted octanol–water partition coefficient (Wildman–Crippen LogP) is 2.83. The number of nitrogens with zero attached hydrogens (tertiary/aromatic N) is 3. The molecule has 1 N–H and O–H groups in total. The minimum Gasteiger partial charge on any atom is -0.481 e. The topological polar surface area (TPSA) is 96.6 Å². The molecule has 1 aliphatic heterocycles. The number of aliphatic carboxylic acids is 1. The molecule has 1 fully saturated rings. The molecule has 2 heterocycles. The molecule has 21 heavy (non-hydrogen) atoms. The lowest BCUT2D eigenvalue weighted by atomic mass is 9.93. The van der Waals surface area contributed by atoms with Crippen molar-refractivity contribution in [2.45, 2.75) is 25.7 Å². The van der Waals surface area contributed by atoms with Crippen molar-refractivity contribution >= 4 is 33.4 Å². The Morgan fingerprint density at radius 3 is 3.05 bits per heavy atom. The van der Waals surface area contributed by atoms with Gasteiger partial charge < -0.3 is 10.0 Å². The lowest BCUT2D eigenvalue weighted by Gasteiger charge is -2.33. The van der Waals surface area contributed by atoms with Gasteiger partial charge in [-0.05, 0) is 41.1 Å². The molecule has 1 unspecified atom stereocenters. The standard InChI is InChI=1S/C13H16BrN3O4/c14-10-6-11(17(20)21)13(15-7-10)16-5-1-2-9(8-16)3-4-12(18)19/h6-7,9H,1-5,8H2,(H,18,19). The Labute approximate surface area is 130 Å². The van der Waals surface area contributed by atoms with E-state index in [9.17, 15) is 14.9 Å². The number of rotatable bonds is 5. The third-order valence-electron chi connectivity index (χ3n) is 3.60. The van der Waals surface area contributed by atoms with Crippen LogP contribution >= 0.6 is 15.9 Å².